The first-order valence-electron chi connectivity index (χ1n) is 8.27. The molecule has 0 aliphatic rings. The second kappa shape index (κ2) is 8.19. The summed E-state index contributed by atoms with van der Waals surface area (Å²) in [5, 5.41) is 7.14. The summed E-state index contributed by atoms with van der Waals surface area (Å²) in [6, 6.07) is 15.6. The maximum absolute atomic E-state index is 12.4. The summed E-state index contributed by atoms with van der Waals surface area (Å²) < 4.78 is 7.77. The Kier molecular flexibility index (Phi) is 5.73. The van der Waals surface area contributed by atoms with Crippen LogP contribution in [0.25, 0.3) is 11.3 Å². The molecule has 1 N–H and O–H groups in total. The van der Waals surface area contributed by atoms with E-state index in [-0.39, 0.29) is 5.91 Å². The molecule has 0 spiro atoms. The first-order chi connectivity index (χ1) is 12.6. The molecule has 2 aromatic carbocycles. The third kappa shape index (κ3) is 4.14. The number of carbonyl (C=O) groups is 1. The van der Waals surface area contributed by atoms with Gasteiger partial charge in [-0.2, -0.15) is 5.10 Å². The number of amides is 1. The van der Waals surface area contributed by atoms with Crippen molar-refractivity contribution in [2.75, 3.05) is 13.7 Å². The highest BCUT2D eigenvalue weighted by Gasteiger charge is 2.11. The molecule has 3 rings (SSSR count). The van der Waals surface area contributed by atoms with E-state index in [4.69, 9.17) is 4.74 Å². The standard InChI is InChI=1S/C20H20BrN3O2/c1-24-19(10-12-23-24)15-5-3-14(4-6-15)9-11-22-20(25)17-13-16(26-2)7-8-18(17)21/h3-8,10,12-13H,9,11H2,1-2H3,(H,22,25). The van der Waals surface area contributed by atoms with Crippen LogP contribution in [0.5, 0.6) is 5.75 Å². The first kappa shape index (κ1) is 18.2. The molecular formula is C20H20BrN3O2. The Morgan fingerprint density at radius 3 is 2.62 bits per heavy atom. The van der Waals surface area contributed by atoms with Crippen molar-refractivity contribution in [1.82, 2.24) is 15.1 Å². The van der Waals surface area contributed by atoms with Gasteiger partial charge in [0.2, 0.25) is 0 Å². The Labute approximate surface area is 161 Å². The lowest BCUT2D eigenvalue weighted by Crippen LogP contribution is -2.26. The van der Waals surface area contributed by atoms with Crippen molar-refractivity contribution in [2.45, 2.75) is 6.42 Å². The molecule has 0 bridgehead atoms. The zero-order valence-electron chi connectivity index (χ0n) is 14.7. The van der Waals surface area contributed by atoms with Crippen molar-refractivity contribution in [3.8, 4) is 17.0 Å². The van der Waals surface area contributed by atoms with E-state index in [1.807, 2.05) is 29.9 Å². The van der Waals surface area contributed by atoms with E-state index in [0.29, 0.717) is 17.9 Å². The van der Waals surface area contributed by atoms with Gasteiger partial charge in [0, 0.05) is 24.3 Å². The van der Waals surface area contributed by atoms with Gasteiger partial charge in [-0.25, -0.2) is 0 Å². The van der Waals surface area contributed by atoms with Crippen molar-refractivity contribution in [1.29, 1.82) is 0 Å². The van der Waals surface area contributed by atoms with Gasteiger partial charge in [-0.05, 0) is 57.7 Å². The minimum atomic E-state index is -0.123. The molecule has 0 aliphatic heterocycles. The number of ether oxygens (including phenoxy) is 1. The predicted octanol–water partition coefficient (Wildman–Crippen LogP) is 3.83. The Hall–Kier alpha value is -2.60. The van der Waals surface area contributed by atoms with Crippen molar-refractivity contribution >= 4 is 21.8 Å². The second-order valence-electron chi connectivity index (χ2n) is 5.89. The predicted molar refractivity (Wildman–Crippen MR) is 105 cm³/mol. The molecule has 1 aromatic heterocycles. The maximum atomic E-state index is 12.4. The Morgan fingerprint density at radius 1 is 1.19 bits per heavy atom. The van der Waals surface area contributed by atoms with Gasteiger partial charge >= 0.3 is 0 Å². The highest BCUT2D eigenvalue weighted by molar-refractivity contribution is 9.10. The molecule has 5 nitrogen and oxygen atoms in total. The number of benzene rings is 2. The number of methoxy groups -OCH3 is 1. The number of aromatic nitrogens is 2. The lowest BCUT2D eigenvalue weighted by molar-refractivity contribution is 0.0953. The lowest BCUT2D eigenvalue weighted by Gasteiger charge is -2.09. The summed E-state index contributed by atoms with van der Waals surface area (Å²) >= 11 is 3.41. The maximum Gasteiger partial charge on any atom is 0.252 e. The molecule has 0 aliphatic carbocycles. The van der Waals surface area contributed by atoms with Crippen LogP contribution in [0.3, 0.4) is 0 Å². The normalized spacial score (nSPS) is 10.6. The van der Waals surface area contributed by atoms with Gasteiger partial charge in [-0.15, -0.1) is 0 Å². The number of hydrogen-bond acceptors (Lipinski definition) is 3. The van der Waals surface area contributed by atoms with Crippen molar-refractivity contribution in [2.24, 2.45) is 7.05 Å². The fourth-order valence-corrected chi connectivity index (χ4v) is 3.15. The third-order valence-corrected chi connectivity index (χ3v) is 4.88. The van der Waals surface area contributed by atoms with Gasteiger partial charge in [0.25, 0.3) is 5.91 Å². The van der Waals surface area contributed by atoms with Gasteiger partial charge in [-0.1, -0.05) is 24.3 Å². The molecular weight excluding hydrogens is 394 g/mol. The van der Waals surface area contributed by atoms with Crippen molar-refractivity contribution < 1.29 is 9.53 Å². The molecule has 0 radical (unpaired) electrons. The Bertz CT molecular complexity index is 904. The quantitative estimate of drug-likeness (QED) is 0.667. The average molecular weight is 414 g/mol. The van der Waals surface area contributed by atoms with E-state index in [9.17, 15) is 4.79 Å². The molecule has 26 heavy (non-hydrogen) atoms. The highest BCUT2D eigenvalue weighted by atomic mass is 79.9. The number of aryl methyl sites for hydroxylation is 1. The molecule has 1 heterocycles. The van der Waals surface area contributed by atoms with Gasteiger partial charge in [0.05, 0.1) is 18.4 Å². The monoisotopic (exact) mass is 413 g/mol. The smallest absolute Gasteiger partial charge is 0.252 e. The summed E-state index contributed by atoms with van der Waals surface area (Å²) in [7, 11) is 3.51. The van der Waals surface area contributed by atoms with Gasteiger partial charge in [-0.3, -0.25) is 9.48 Å². The van der Waals surface area contributed by atoms with E-state index in [1.54, 1.807) is 19.4 Å². The summed E-state index contributed by atoms with van der Waals surface area (Å²) in [6.45, 7) is 0.563. The number of nitrogens with one attached hydrogen (secondary N) is 1. The molecule has 0 saturated carbocycles. The Balaban J connectivity index is 1.58. The average Bonchev–Trinajstić information content (AvgIpc) is 3.08. The third-order valence-electron chi connectivity index (χ3n) is 4.19. The first-order valence-corrected chi connectivity index (χ1v) is 9.07. The van der Waals surface area contributed by atoms with Crippen LogP contribution in [-0.4, -0.2) is 29.3 Å². The van der Waals surface area contributed by atoms with Crippen LogP contribution in [0, 0.1) is 0 Å². The van der Waals surface area contributed by atoms with E-state index in [1.165, 1.54) is 5.56 Å². The van der Waals surface area contributed by atoms with Crippen LogP contribution in [-0.2, 0) is 13.5 Å². The molecule has 0 saturated heterocycles. The van der Waals surface area contributed by atoms with Crippen LogP contribution in [0.2, 0.25) is 0 Å². The molecule has 1 amide bonds. The molecule has 0 atom stereocenters. The number of hydrogen-bond donors (Lipinski definition) is 1. The van der Waals surface area contributed by atoms with E-state index in [0.717, 1.165) is 22.2 Å². The second-order valence-corrected chi connectivity index (χ2v) is 6.74. The van der Waals surface area contributed by atoms with E-state index in [2.05, 4.69) is 50.6 Å². The van der Waals surface area contributed by atoms with Gasteiger partial charge in [0.1, 0.15) is 5.75 Å². The van der Waals surface area contributed by atoms with Crippen LogP contribution in [0.4, 0.5) is 0 Å². The number of nitrogens with zero attached hydrogens (tertiary/aromatic N) is 2. The minimum Gasteiger partial charge on any atom is -0.497 e. The lowest BCUT2D eigenvalue weighted by atomic mass is 10.1. The summed E-state index contributed by atoms with van der Waals surface area (Å²) in [5.74, 6) is 0.534. The topological polar surface area (TPSA) is 56.1 Å². The number of rotatable bonds is 6. The van der Waals surface area contributed by atoms with Gasteiger partial charge in [0.15, 0.2) is 0 Å². The molecule has 6 heteroatoms. The van der Waals surface area contributed by atoms with Crippen molar-refractivity contribution in [3.63, 3.8) is 0 Å². The number of carbonyl (C=O) groups excluding carboxylic acids is 1. The van der Waals surface area contributed by atoms with Crippen LogP contribution >= 0.6 is 15.9 Å². The molecule has 0 fully saturated rings. The summed E-state index contributed by atoms with van der Waals surface area (Å²) in [4.78, 5) is 12.4. The summed E-state index contributed by atoms with van der Waals surface area (Å²) in [5.41, 5.74) is 3.93. The zero-order chi connectivity index (χ0) is 18.5. The fraction of sp³-hybridized carbons (Fsp3) is 0.200. The van der Waals surface area contributed by atoms with Crippen LogP contribution < -0.4 is 10.1 Å². The summed E-state index contributed by atoms with van der Waals surface area (Å²) in [6.07, 6.45) is 2.55. The molecule has 134 valence electrons. The molecule has 0 unspecified atom stereocenters. The Morgan fingerprint density at radius 2 is 1.96 bits per heavy atom. The largest absolute Gasteiger partial charge is 0.497 e. The minimum absolute atomic E-state index is 0.123. The van der Waals surface area contributed by atoms with Crippen LogP contribution in [0.1, 0.15) is 15.9 Å². The molecule has 3 aromatic rings. The fourth-order valence-electron chi connectivity index (χ4n) is 2.72. The van der Waals surface area contributed by atoms with Crippen LogP contribution in [0.15, 0.2) is 59.2 Å². The van der Waals surface area contributed by atoms with Gasteiger partial charge < -0.3 is 10.1 Å². The highest BCUT2D eigenvalue weighted by Crippen LogP contribution is 2.22. The SMILES string of the molecule is COc1ccc(Br)c(C(=O)NCCc2ccc(-c3ccnn3C)cc2)c1. The van der Waals surface area contributed by atoms with E-state index < -0.39 is 0 Å². The van der Waals surface area contributed by atoms with Crippen molar-refractivity contribution in [3.05, 3.63) is 70.3 Å². The zero-order valence-corrected chi connectivity index (χ0v) is 16.3. The number of halogens is 1. The van der Waals surface area contributed by atoms with E-state index >= 15 is 0 Å².